The van der Waals surface area contributed by atoms with E-state index >= 15 is 0 Å². The topological polar surface area (TPSA) is 47.4 Å². The molecule has 30 heavy (non-hydrogen) atoms. The van der Waals surface area contributed by atoms with Crippen LogP contribution in [0.25, 0.3) is 6.08 Å². The van der Waals surface area contributed by atoms with Crippen molar-refractivity contribution in [1.29, 1.82) is 0 Å². The van der Waals surface area contributed by atoms with Crippen LogP contribution in [0.5, 0.6) is 5.75 Å². The molecule has 1 amide bonds. The molecule has 1 atom stereocenters. The van der Waals surface area contributed by atoms with Crippen LogP contribution in [0.15, 0.2) is 60.7 Å². The van der Waals surface area contributed by atoms with Crippen molar-refractivity contribution in [3.8, 4) is 5.75 Å². The Labute approximate surface area is 182 Å². The van der Waals surface area contributed by atoms with Gasteiger partial charge in [-0.05, 0) is 31.6 Å². The van der Waals surface area contributed by atoms with Crippen LogP contribution in [-0.4, -0.2) is 34.7 Å². The normalized spacial score (nSPS) is 12.2. The lowest BCUT2D eigenvalue weighted by Crippen LogP contribution is -2.28. The molecule has 0 spiro atoms. The number of methoxy groups -OCH3 is 1. The number of nitrogens with zero attached hydrogens (tertiary/aromatic N) is 3. The summed E-state index contributed by atoms with van der Waals surface area (Å²) in [5.74, 6) is 0.634. The SMILES string of the molecule is COc1ccccc1C(C)N(C)C(=O)/C=C/c1c(C)nn(Cc2ccccc2)c1Cl. The Balaban J connectivity index is 1.76. The van der Waals surface area contributed by atoms with E-state index < -0.39 is 0 Å². The van der Waals surface area contributed by atoms with E-state index in [2.05, 4.69) is 5.10 Å². The first-order chi connectivity index (χ1) is 14.4. The number of para-hydroxylation sites is 1. The molecule has 0 aliphatic carbocycles. The quantitative estimate of drug-likeness (QED) is 0.494. The summed E-state index contributed by atoms with van der Waals surface area (Å²) in [6, 6.07) is 17.6. The van der Waals surface area contributed by atoms with Crippen molar-refractivity contribution in [2.75, 3.05) is 14.2 Å². The molecule has 0 saturated heterocycles. The molecule has 3 rings (SSSR count). The maximum Gasteiger partial charge on any atom is 0.246 e. The van der Waals surface area contributed by atoms with Crippen molar-refractivity contribution in [3.05, 3.63) is 88.2 Å². The van der Waals surface area contributed by atoms with Crippen molar-refractivity contribution in [3.63, 3.8) is 0 Å². The zero-order chi connectivity index (χ0) is 21.7. The highest BCUT2D eigenvalue weighted by atomic mass is 35.5. The van der Waals surface area contributed by atoms with E-state index in [1.165, 1.54) is 6.08 Å². The minimum absolute atomic E-state index is 0.125. The molecule has 5 nitrogen and oxygen atoms in total. The molecule has 156 valence electrons. The van der Waals surface area contributed by atoms with E-state index in [0.717, 1.165) is 28.1 Å². The molecule has 0 aliphatic heterocycles. The molecule has 1 aromatic heterocycles. The van der Waals surface area contributed by atoms with Gasteiger partial charge in [-0.2, -0.15) is 5.10 Å². The van der Waals surface area contributed by atoms with E-state index in [4.69, 9.17) is 16.3 Å². The summed E-state index contributed by atoms with van der Waals surface area (Å²) < 4.78 is 7.17. The number of hydrogen-bond donors (Lipinski definition) is 0. The molecule has 6 heteroatoms. The van der Waals surface area contributed by atoms with Crippen LogP contribution in [0.2, 0.25) is 5.15 Å². The number of aromatic nitrogens is 2. The summed E-state index contributed by atoms with van der Waals surface area (Å²) in [5, 5.41) is 5.04. The Morgan fingerprint density at radius 1 is 1.20 bits per heavy atom. The van der Waals surface area contributed by atoms with Crippen molar-refractivity contribution in [2.24, 2.45) is 0 Å². The second-order valence-corrected chi connectivity index (χ2v) is 7.49. The summed E-state index contributed by atoms with van der Waals surface area (Å²) in [4.78, 5) is 14.5. The lowest BCUT2D eigenvalue weighted by atomic mass is 10.1. The van der Waals surface area contributed by atoms with Gasteiger partial charge in [0.15, 0.2) is 0 Å². The minimum Gasteiger partial charge on any atom is -0.496 e. The van der Waals surface area contributed by atoms with Gasteiger partial charge in [0.2, 0.25) is 5.91 Å². The van der Waals surface area contributed by atoms with Gasteiger partial charge in [0.1, 0.15) is 10.9 Å². The summed E-state index contributed by atoms with van der Waals surface area (Å²) in [6.07, 6.45) is 3.27. The molecule has 0 N–H and O–H groups in total. The monoisotopic (exact) mass is 423 g/mol. The van der Waals surface area contributed by atoms with Crippen molar-refractivity contribution < 1.29 is 9.53 Å². The largest absolute Gasteiger partial charge is 0.496 e. The van der Waals surface area contributed by atoms with E-state index in [1.807, 2.05) is 68.4 Å². The van der Waals surface area contributed by atoms with Crippen molar-refractivity contribution in [1.82, 2.24) is 14.7 Å². The fourth-order valence-corrected chi connectivity index (χ4v) is 3.60. The van der Waals surface area contributed by atoms with E-state index in [1.54, 1.807) is 29.8 Å². The summed E-state index contributed by atoms with van der Waals surface area (Å²) in [6.45, 7) is 4.44. The highest BCUT2D eigenvalue weighted by Crippen LogP contribution is 2.28. The first-order valence-corrected chi connectivity index (χ1v) is 10.1. The van der Waals surface area contributed by atoms with Gasteiger partial charge in [-0.15, -0.1) is 0 Å². The molecule has 2 aromatic carbocycles. The van der Waals surface area contributed by atoms with E-state index in [-0.39, 0.29) is 11.9 Å². The summed E-state index contributed by atoms with van der Waals surface area (Å²) in [5.41, 5.74) is 3.59. The Bertz CT molecular complexity index is 1040. The van der Waals surface area contributed by atoms with Crippen LogP contribution in [0.3, 0.4) is 0 Å². The third-order valence-corrected chi connectivity index (χ3v) is 5.59. The molecule has 0 aliphatic rings. The second-order valence-electron chi connectivity index (χ2n) is 7.13. The summed E-state index contributed by atoms with van der Waals surface area (Å²) >= 11 is 6.55. The fourth-order valence-electron chi connectivity index (χ4n) is 3.30. The van der Waals surface area contributed by atoms with Crippen molar-refractivity contribution >= 4 is 23.6 Å². The highest BCUT2D eigenvalue weighted by molar-refractivity contribution is 6.31. The number of likely N-dealkylation sites (N-methyl/N-ethyl adjacent to an activating group) is 1. The van der Waals surface area contributed by atoms with Crippen LogP contribution < -0.4 is 4.74 Å². The number of rotatable bonds is 7. The van der Waals surface area contributed by atoms with Crippen LogP contribution in [0.4, 0.5) is 0 Å². The number of amides is 1. The van der Waals surface area contributed by atoms with Crippen LogP contribution >= 0.6 is 11.6 Å². The number of benzene rings is 2. The van der Waals surface area contributed by atoms with Gasteiger partial charge in [-0.25, -0.2) is 4.68 Å². The molecular weight excluding hydrogens is 398 g/mol. The van der Waals surface area contributed by atoms with Crippen LogP contribution in [0.1, 0.15) is 35.3 Å². The maximum absolute atomic E-state index is 12.8. The predicted molar refractivity (Wildman–Crippen MR) is 121 cm³/mol. The lowest BCUT2D eigenvalue weighted by Gasteiger charge is -2.25. The Morgan fingerprint density at radius 2 is 1.87 bits per heavy atom. The first-order valence-electron chi connectivity index (χ1n) is 9.77. The van der Waals surface area contributed by atoms with Gasteiger partial charge in [-0.3, -0.25) is 4.79 Å². The standard InChI is InChI=1S/C24H26ClN3O2/c1-17-20(24(25)28(26-17)16-19-10-6-5-7-11-19)14-15-23(29)27(3)18(2)21-12-8-9-13-22(21)30-4/h5-15,18H,16H2,1-4H3/b15-14+. The average molecular weight is 424 g/mol. The molecule has 3 aromatic rings. The predicted octanol–water partition coefficient (Wildman–Crippen LogP) is 5.13. The zero-order valence-electron chi connectivity index (χ0n) is 17.7. The van der Waals surface area contributed by atoms with Crippen LogP contribution in [0, 0.1) is 6.92 Å². The summed E-state index contributed by atoms with van der Waals surface area (Å²) in [7, 11) is 3.40. The van der Waals surface area contributed by atoms with Gasteiger partial charge in [0, 0.05) is 24.3 Å². The number of aryl methyl sites for hydroxylation is 1. The third-order valence-electron chi connectivity index (χ3n) is 5.19. The molecule has 0 radical (unpaired) electrons. The van der Waals surface area contributed by atoms with Gasteiger partial charge in [-0.1, -0.05) is 60.1 Å². The Hall–Kier alpha value is -3.05. The lowest BCUT2D eigenvalue weighted by molar-refractivity contribution is -0.126. The molecule has 1 unspecified atom stereocenters. The zero-order valence-corrected chi connectivity index (χ0v) is 18.4. The van der Waals surface area contributed by atoms with Gasteiger partial charge >= 0.3 is 0 Å². The Morgan fingerprint density at radius 3 is 2.57 bits per heavy atom. The molecule has 0 saturated carbocycles. The van der Waals surface area contributed by atoms with Crippen LogP contribution in [-0.2, 0) is 11.3 Å². The molecule has 0 bridgehead atoms. The van der Waals surface area contributed by atoms with E-state index in [9.17, 15) is 4.79 Å². The first kappa shape index (κ1) is 21.7. The molecule has 0 fully saturated rings. The second kappa shape index (κ2) is 9.63. The molecular formula is C24H26ClN3O2. The van der Waals surface area contributed by atoms with Gasteiger partial charge in [0.25, 0.3) is 0 Å². The van der Waals surface area contributed by atoms with E-state index in [0.29, 0.717) is 11.7 Å². The number of carbonyl (C=O) groups excluding carboxylic acids is 1. The number of hydrogen-bond acceptors (Lipinski definition) is 3. The fraction of sp³-hybridized carbons (Fsp3) is 0.250. The molecule has 1 heterocycles. The Kier molecular flexibility index (Phi) is 6.95. The maximum atomic E-state index is 12.8. The smallest absolute Gasteiger partial charge is 0.246 e. The third kappa shape index (κ3) is 4.74. The van der Waals surface area contributed by atoms with Gasteiger partial charge in [0.05, 0.1) is 25.4 Å². The number of carbonyl (C=O) groups is 1. The number of ether oxygens (including phenoxy) is 1. The average Bonchev–Trinajstić information content (AvgIpc) is 3.03. The minimum atomic E-state index is -0.143. The van der Waals surface area contributed by atoms with Crippen molar-refractivity contribution in [2.45, 2.75) is 26.4 Å². The highest BCUT2D eigenvalue weighted by Gasteiger charge is 2.19. The number of halogens is 1. The van der Waals surface area contributed by atoms with Gasteiger partial charge < -0.3 is 9.64 Å².